The number of hydrogen-bond acceptors (Lipinski definition) is 7. The van der Waals surface area contributed by atoms with Crippen molar-refractivity contribution in [2.45, 2.75) is 19.9 Å². The second kappa shape index (κ2) is 5.54. The molecule has 0 amide bonds. The molecule has 0 spiro atoms. The molecule has 106 valence electrons. The van der Waals surface area contributed by atoms with Crippen LogP contribution in [0.4, 0.5) is 5.82 Å². The predicted octanol–water partition coefficient (Wildman–Crippen LogP) is 1.05. The summed E-state index contributed by atoms with van der Waals surface area (Å²) >= 11 is 0. The van der Waals surface area contributed by atoms with E-state index in [9.17, 15) is 0 Å². The Bertz CT molecular complexity index is 549. The summed E-state index contributed by atoms with van der Waals surface area (Å²) in [5.74, 6) is 2.31. The topological polar surface area (TPSA) is 71.2 Å². The van der Waals surface area contributed by atoms with Gasteiger partial charge in [0.1, 0.15) is 5.82 Å². The highest BCUT2D eigenvalue weighted by Gasteiger charge is 2.25. The van der Waals surface area contributed by atoms with Crippen molar-refractivity contribution in [1.29, 1.82) is 0 Å². The molecule has 0 saturated carbocycles. The number of rotatable bonds is 3. The Morgan fingerprint density at radius 2 is 2.00 bits per heavy atom. The first-order valence-corrected chi connectivity index (χ1v) is 6.79. The van der Waals surface area contributed by atoms with Crippen LogP contribution in [0.25, 0.3) is 0 Å². The predicted molar refractivity (Wildman–Crippen MR) is 73.3 cm³/mol. The molecule has 0 aliphatic carbocycles. The van der Waals surface area contributed by atoms with E-state index in [-0.39, 0.29) is 6.04 Å². The smallest absolute Gasteiger partial charge is 0.243 e. The molecule has 1 aliphatic rings. The van der Waals surface area contributed by atoms with E-state index < -0.39 is 0 Å². The van der Waals surface area contributed by atoms with Crippen molar-refractivity contribution in [1.82, 2.24) is 25.0 Å². The van der Waals surface area contributed by atoms with E-state index in [0.717, 1.165) is 32.0 Å². The maximum atomic E-state index is 5.25. The van der Waals surface area contributed by atoms with Gasteiger partial charge in [-0.2, -0.15) is 4.98 Å². The van der Waals surface area contributed by atoms with Crippen molar-refractivity contribution < 1.29 is 4.52 Å². The quantitative estimate of drug-likeness (QED) is 0.828. The zero-order valence-corrected chi connectivity index (χ0v) is 11.7. The van der Waals surface area contributed by atoms with Crippen LogP contribution < -0.4 is 4.90 Å². The van der Waals surface area contributed by atoms with Crippen LogP contribution in [0, 0.1) is 6.92 Å². The fourth-order valence-electron chi connectivity index (χ4n) is 2.43. The number of aromatic nitrogens is 4. The van der Waals surface area contributed by atoms with Crippen molar-refractivity contribution in [3.05, 3.63) is 30.3 Å². The van der Waals surface area contributed by atoms with Gasteiger partial charge in [-0.05, 0) is 13.8 Å². The first-order valence-electron chi connectivity index (χ1n) is 6.79. The minimum Gasteiger partial charge on any atom is -0.353 e. The number of hydrogen-bond donors (Lipinski definition) is 0. The lowest BCUT2D eigenvalue weighted by Crippen LogP contribution is -2.47. The molecule has 2 aromatic heterocycles. The van der Waals surface area contributed by atoms with E-state index in [0.29, 0.717) is 11.7 Å². The van der Waals surface area contributed by atoms with Crippen LogP contribution in [0.15, 0.2) is 23.1 Å². The second-order valence-corrected chi connectivity index (χ2v) is 4.94. The van der Waals surface area contributed by atoms with Crippen LogP contribution in [0.3, 0.4) is 0 Å². The third-order valence-electron chi connectivity index (χ3n) is 3.64. The van der Waals surface area contributed by atoms with Crippen molar-refractivity contribution in [3.8, 4) is 0 Å². The van der Waals surface area contributed by atoms with Gasteiger partial charge in [0.15, 0.2) is 5.82 Å². The number of anilines is 1. The molecule has 2 aromatic rings. The van der Waals surface area contributed by atoms with Gasteiger partial charge in [-0.3, -0.25) is 9.88 Å². The van der Waals surface area contributed by atoms with Gasteiger partial charge >= 0.3 is 0 Å². The Labute approximate surface area is 117 Å². The Kier molecular flexibility index (Phi) is 3.60. The Balaban J connectivity index is 1.61. The summed E-state index contributed by atoms with van der Waals surface area (Å²) in [6, 6.07) is 0.153. The monoisotopic (exact) mass is 274 g/mol. The number of aryl methyl sites for hydroxylation is 1. The molecule has 0 aromatic carbocycles. The first kappa shape index (κ1) is 13.0. The van der Waals surface area contributed by atoms with Crippen LogP contribution in [-0.4, -0.2) is 51.2 Å². The summed E-state index contributed by atoms with van der Waals surface area (Å²) in [6.07, 6.45) is 5.23. The Morgan fingerprint density at radius 1 is 1.20 bits per heavy atom. The molecule has 7 heteroatoms. The summed E-state index contributed by atoms with van der Waals surface area (Å²) in [5, 5.41) is 3.85. The van der Waals surface area contributed by atoms with Gasteiger partial charge in [-0.1, -0.05) is 5.16 Å². The summed E-state index contributed by atoms with van der Waals surface area (Å²) < 4.78 is 5.25. The molecule has 0 N–H and O–H groups in total. The average Bonchev–Trinajstić information content (AvgIpc) is 2.94. The SMILES string of the molecule is Cc1noc([C@H](C)N2CCN(c3cnccn3)CC2)n1. The first-order chi connectivity index (χ1) is 9.74. The zero-order valence-electron chi connectivity index (χ0n) is 11.7. The van der Waals surface area contributed by atoms with Gasteiger partial charge in [-0.25, -0.2) is 4.98 Å². The molecule has 1 saturated heterocycles. The van der Waals surface area contributed by atoms with Crippen molar-refractivity contribution in [2.24, 2.45) is 0 Å². The van der Waals surface area contributed by atoms with Crippen LogP contribution in [0.2, 0.25) is 0 Å². The van der Waals surface area contributed by atoms with Crippen LogP contribution in [-0.2, 0) is 0 Å². The molecule has 1 aliphatic heterocycles. The molecule has 0 bridgehead atoms. The molecule has 1 fully saturated rings. The lowest BCUT2D eigenvalue weighted by Gasteiger charge is -2.37. The third-order valence-corrected chi connectivity index (χ3v) is 3.64. The van der Waals surface area contributed by atoms with Gasteiger partial charge < -0.3 is 9.42 Å². The third kappa shape index (κ3) is 2.62. The van der Waals surface area contributed by atoms with E-state index in [1.165, 1.54) is 0 Å². The maximum Gasteiger partial charge on any atom is 0.243 e. The average molecular weight is 274 g/mol. The molecule has 0 radical (unpaired) electrons. The molecular formula is C13H18N6O. The minimum absolute atomic E-state index is 0.153. The van der Waals surface area contributed by atoms with Crippen LogP contribution in [0.5, 0.6) is 0 Å². The van der Waals surface area contributed by atoms with Crippen molar-refractivity contribution in [3.63, 3.8) is 0 Å². The fraction of sp³-hybridized carbons (Fsp3) is 0.538. The lowest BCUT2D eigenvalue weighted by atomic mass is 10.2. The van der Waals surface area contributed by atoms with E-state index in [4.69, 9.17) is 4.52 Å². The summed E-state index contributed by atoms with van der Waals surface area (Å²) in [7, 11) is 0. The number of piperazine rings is 1. The summed E-state index contributed by atoms with van der Waals surface area (Å²) in [4.78, 5) is 17.4. The Morgan fingerprint density at radius 3 is 2.60 bits per heavy atom. The highest BCUT2D eigenvalue weighted by molar-refractivity contribution is 5.35. The summed E-state index contributed by atoms with van der Waals surface area (Å²) in [6.45, 7) is 7.68. The largest absolute Gasteiger partial charge is 0.353 e. The van der Waals surface area contributed by atoms with E-state index in [1.54, 1.807) is 18.6 Å². The van der Waals surface area contributed by atoms with Gasteiger partial charge in [0.25, 0.3) is 0 Å². The molecule has 20 heavy (non-hydrogen) atoms. The number of nitrogens with zero attached hydrogens (tertiary/aromatic N) is 6. The van der Waals surface area contributed by atoms with Crippen molar-refractivity contribution >= 4 is 5.82 Å². The molecule has 3 rings (SSSR count). The highest BCUT2D eigenvalue weighted by Crippen LogP contribution is 2.21. The van der Waals surface area contributed by atoms with Gasteiger partial charge in [0, 0.05) is 38.6 Å². The highest BCUT2D eigenvalue weighted by atomic mass is 16.5. The van der Waals surface area contributed by atoms with E-state index >= 15 is 0 Å². The molecule has 1 atom stereocenters. The maximum absolute atomic E-state index is 5.25. The van der Waals surface area contributed by atoms with Crippen LogP contribution in [0.1, 0.15) is 24.7 Å². The van der Waals surface area contributed by atoms with Gasteiger partial charge in [0.2, 0.25) is 5.89 Å². The van der Waals surface area contributed by atoms with Crippen LogP contribution >= 0.6 is 0 Å². The zero-order chi connectivity index (χ0) is 13.9. The van der Waals surface area contributed by atoms with Gasteiger partial charge in [-0.15, -0.1) is 0 Å². The lowest BCUT2D eigenvalue weighted by molar-refractivity contribution is 0.164. The molecular weight excluding hydrogens is 256 g/mol. The Hall–Kier alpha value is -2.02. The molecule has 3 heterocycles. The fourth-order valence-corrected chi connectivity index (χ4v) is 2.43. The van der Waals surface area contributed by atoms with E-state index in [2.05, 4.69) is 36.8 Å². The second-order valence-electron chi connectivity index (χ2n) is 4.94. The summed E-state index contributed by atoms with van der Waals surface area (Å²) in [5.41, 5.74) is 0. The standard InChI is InChI=1S/C13H18N6O/c1-10(13-16-11(2)17-20-13)18-5-7-19(8-6-18)12-9-14-3-4-15-12/h3-4,9-10H,5-8H2,1-2H3/t10-/m0/s1. The van der Waals surface area contributed by atoms with Crippen molar-refractivity contribution in [2.75, 3.05) is 31.1 Å². The normalized spacial score (nSPS) is 18.2. The van der Waals surface area contributed by atoms with E-state index in [1.807, 2.05) is 6.92 Å². The van der Waals surface area contributed by atoms with Gasteiger partial charge in [0.05, 0.1) is 12.2 Å². The minimum atomic E-state index is 0.153. The molecule has 0 unspecified atom stereocenters. The molecule has 7 nitrogen and oxygen atoms in total.